The molecule has 0 aromatic heterocycles. The van der Waals surface area contributed by atoms with E-state index in [4.69, 9.17) is 9.47 Å². The van der Waals surface area contributed by atoms with E-state index in [1.54, 1.807) is 19.1 Å². The van der Waals surface area contributed by atoms with Gasteiger partial charge in [-0.3, -0.25) is 4.79 Å². The van der Waals surface area contributed by atoms with Crippen molar-refractivity contribution in [1.82, 2.24) is 4.90 Å². The molecular weight excluding hydrogens is 306 g/mol. The Hall–Kier alpha value is -2.01. The Labute approximate surface area is 140 Å². The van der Waals surface area contributed by atoms with Crippen molar-refractivity contribution in [3.63, 3.8) is 0 Å². The van der Waals surface area contributed by atoms with Gasteiger partial charge >= 0.3 is 0 Å². The summed E-state index contributed by atoms with van der Waals surface area (Å²) in [4.78, 5) is 14.7. The first kappa shape index (κ1) is 14.3. The first-order chi connectivity index (χ1) is 11.6. The minimum Gasteiger partial charge on any atom is -0.493 e. The highest BCUT2D eigenvalue weighted by Crippen LogP contribution is 2.62. The molecule has 1 saturated heterocycles. The molecule has 5 heteroatoms. The van der Waals surface area contributed by atoms with Crippen LogP contribution in [0.3, 0.4) is 0 Å². The van der Waals surface area contributed by atoms with Crippen LogP contribution in [0.2, 0.25) is 0 Å². The van der Waals surface area contributed by atoms with Crippen LogP contribution >= 0.6 is 0 Å². The fourth-order valence-corrected chi connectivity index (χ4v) is 5.54. The normalized spacial score (nSPS) is 38.1. The number of ether oxygens (including phenoxy) is 2. The zero-order valence-electron chi connectivity index (χ0n) is 13.9. The Morgan fingerprint density at radius 1 is 1.17 bits per heavy atom. The van der Waals surface area contributed by atoms with Crippen molar-refractivity contribution >= 4 is 5.91 Å². The maximum absolute atomic E-state index is 13.0. The van der Waals surface area contributed by atoms with Crippen LogP contribution in [0.25, 0.3) is 0 Å². The van der Waals surface area contributed by atoms with Gasteiger partial charge in [0.05, 0.1) is 20.1 Å². The van der Waals surface area contributed by atoms with Crippen LogP contribution in [0.4, 0.5) is 0 Å². The molecule has 1 aromatic carbocycles. The second kappa shape index (κ2) is 4.54. The molecule has 2 bridgehead atoms. The van der Waals surface area contributed by atoms with Crippen LogP contribution < -0.4 is 9.47 Å². The minimum absolute atomic E-state index is 0.0582. The summed E-state index contributed by atoms with van der Waals surface area (Å²) in [7, 11) is 3.21. The number of benzene rings is 1. The van der Waals surface area contributed by atoms with E-state index in [0.29, 0.717) is 18.0 Å². The number of hydrogen-bond acceptors (Lipinski definition) is 4. The van der Waals surface area contributed by atoms with Crippen molar-refractivity contribution < 1.29 is 19.4 Å². The van der Waals surface area contributed by atoms with Crippen LogP contribution in [-0.4, -0.2) is 36.7 Å². The largest absolute Gasteiger partial charge is 0.493 e. The average Bonchev–Trinajstić information content (AvgIpc) is 3.27. The van der Waals surface area contributed by atoms with Gasteiger partial charge in [-0.2, -0.15) is 0 Å². The molecule has 2 aliphatic heterocycles. The molecule has 1 aromatic rings. The smallest absolute Gasteiger partial charge is 0.229 e. The van der Waals surface area contributed by atoms with Gasteiger partial charge < -0.3 is 19.5 Å². The molecule has 5 rings (SSSR count). The summed E-state index contributed by atoms with van der Waals surface area (Å²) in [6.07, 6.45) is 6.07. The Morgan fingerprint density at radius 3 is 2.62 bits per heavy atom. The number of carbonyl (C=O) groups excluding carboxylic acids is 1. The monoisotopic (exact) mass is 327 g/mol. The van der Waals surface area contributed by atoms with E-state index in [0.717, 1.165) is 24.0 Å². The quantitative estimate of drug-likeness (QED) is 0.840. The number of amides is 1. The molecule has 1 saturated carbocycles. The zero-order valence-corrected chi connectivity index (χ0v) is 13.9. The molecule has 4 aliphatic rings. The van der Waals surface area contributed by atoms with Crippen LogP contribution in [-0.2, 0) is 16.9 Å². The third-order valence-electron chi connectivity index (χ3n) is 6.50. The molecule has 0 spiro atoms. The first-order valence-corrected chi connectivity index (χ1v) is 8.57. The van der Waals surface area contributed by atoms with E-state index in [1.807, 2.05) is 12.1 Å². The van der Waals surface area contributed by atoms with Gasteiger partial charge in [0.25, 0.3) is 0 Å². The number of methoxy groups -OCH3 is 2. The molecule has 126 valence electrons. The molecular formula is C19H21NO4. The fourth-order valence-electron chi connectivity index (χ4n) is 5.54. The van der Waals surface area contributed by atoms with E-state index in [9.17, 15) is 9.90 Å². The lowest BCUT2D eigenvalue weighted by Gasteiger charge is -2.44. The molecule has 0 unspecified atom stereocenters. The number of hydrogen-bond donors (Lipinski definition) is 1. The van der Waals surface area contributed by atoms with Crippen molar-refractivity contribution in [3.05, 3.63) is 35.4 Å². The number of aliphatic hydroxyl groups is 1. The Kier molecular flexibility index (Phi) is 2.71. The highest BCUT2D eigenvalue weighted by atomic mass is 16.5. The summed E-state index contributed by atoms with van der Waals surface area (Å²) < 4.78 is 10.8. The number of fused-ring (bicyclic) bond motifs is 9. The highest BCUT2D eigenvalue weighted by Gasteiger charge is 2.67. The van der Waals surface area contributed by atoms with Crippen LogP contribution in [0.5, 0.6) is 11.5 Å². The number of nitrogens with zero attached hydrogens (tertiary/aromatic N) is 1. The van der Waals surface area contributed by atoms with Gasteiger partial charge in [-0.05, 0) is 42.4 Å². The summed E-state index contributed by atoms with van der Waals surface area (Å²) in [6, 6.07) is 3.82. The molecule has 1 N–H and O–H groups in total. The third-order valence-corrected chi connectivity index (χ3v) is 6.50. The van der Waals surface area contributed by atoms with E-state index in [-0.39, 0.29) is 29.6 Å². The van der Waals surface area contributed by atoms with Crippen LogP contribution in [0.1, 0.15) is 17.5 Å². The van der Waals surface area contributed by atoms with Crippen LogP contribution in [0, 0.1) is 23.7 Å². The number of rotatable bonds is 2. The van der Waals surface area contributed by atoms with Crippen molar-refractivity contribution in [2.45, 2.75) is 18.6 Å². The third kappa shape index (κ3) is 1.47. The van der Waals surface area contributed by atoms with Crippen molar-refractivity contribution in [3.8, 4) is 11.5 Å². The SMILES string of the molecule is COc1cc2c(cc1OC)[C@]1(O)[C@H]3[C@@H](C(=O)N1CC2)[C@H]1C=C[C@@H]3C1. The summed E-state index contributed by atoms with van der Waals surface area (Å²) in [5.41, 5.74) is 0.638. The molecule has 2 fully saturated rings. The number of allylic oxidation sites excluding steroid dienone is 2. The van der Waals surface area contributed by atoms with Crippen molar-refractivity contribution in [1.29, 1.82) is 0 Å². The van der Waals surface area contributed by atoms with E-state index < -0.39 is 5.72 Å². The van der Waals surface area contributed by atoms with E-state index in [1.165, 1.54) is 0 Å². The van der Waals surface area contributed by atoms with Gasteiger partial charge in [-0.25, -0.2) is 0 Å². The van der Waals surface area contributed by atoms with E-state index >= 15 is 0 Å². The molecule has 5 nitrogen and oxygen atoms in total. The Morgan fingerprint density at radius 2 is 1.88 bits per heavy atom. The summed E-state index contributed by atoms with van der Waals surface area (Å²) in [6.45, 7) is 0.560. The van der Waals surface area contributed by atoms with Gasteiger partial charge in [0.1, 0.15) is 0 Å². The fraction of sp³-hybridized carbons (Fsp3) is 0.526. The second-order valence-electron chi connectivity index (χ2n) is 7.33. The topological polar surface area (TPSA) is 59.0 Å². The Balaban J connectivity index is 1.71. The molecule has 2 heterocycles. The minimum atomic E-state index is -1.22. The molecule has 24 heavy (non-hydrogen) atoms. The lowest BCUT2D eigenvalue weighted by atomic mass is 9.75. The highest BCUT2D eigenvalue weighted by molar-refractivity contribution is 5.85. The average molecular weight is 327 g/mol. The Bertz CT molecular complexity index is 773. The summed E-state index contributed by atoms with van der Waals surface area (Å²) in [5.74, 6) is 1.80. The van der Waals surface area contributed by atoms with Crippen molar-refractivity contribution in [2.75, 3.05) is 20.8 Å². The van der Waals surface area contributed by atoms with Crippen molar-refractivity contribution in [2.24, 2.45) is 23.7 Å². The molecule has 1 amide bonds. The van der Waals surface area contributed by atoms with Crippen LogP contribution in [0.15, 0.2) is 24.3 Å². The van der Waals surface area contributed by atoms with Gasteiger partial charge in [-0.1, -0.05) is 12.2 Å². The molecule has 0 radical (unpaired) electrons. The predicted molar refractivity (Wildman–Crippen MR) is 86.6 cm³/mol. The van der Waals surface area contributed by atoms with Gasteiger partial charge in [0.2, 0.25) is 5.91 Å². The predicted octanol–water partition coefficient (Wildman–Crippen LogP) is 1.69. The maximum Gasteiger partial charge on any atom is 0.229 e. The number of carbonyl (C=O) groups is 1. The lowest BCUT2D eigenvalue weighted by Crippen LogP contribution is -2.51. The van der Waals surface area contributed by atoms with Gasteiger partial charge in [-0.15, -0.1) is 0 Å². The standard InChI is InChI=1S/C19H21NO4/c1-23-14-8-10-5-6-20-18(21)16-11-3-4-12(7-11)17(16)19(20,22)13(10)9-15(14)24-2/h3-4,8-9,11-12,16-17,22H,5-7H2,1-2H3/t11-,12+,16-,17+,19-/m0/s1. The maximum atomic E-state index is 13.0. The van der Waals surface area contributed by atoms with Gasteiger partial charge in [0, 0.05) is 18.0 Å². The lowest BCUT2D eigenvalue weighted by molar-refractivity contribution is -0.159. The summed E-state index contributed by atoms with van der Waals surface area (Å²) >= 11 is 0. The molecule has 2 aliphatic carbocycles. The first-order valence-electron chi connectivity index (χ1n) is 8.57. The van der Waals surface area contributed by atoms with Gasteiger partial charge in [0.15, 0.2) is 17.2 Å². The van der Waals surface area contributed by atoms with E-state index in [2.05, 4.69) is 12.2 Å². The summed E-state index contributed by atoms with van der Waals surface area (Å²) in [5, 5.41) is 11.8. The molecule has 5 atom stereocenters. The second-order valence-corrected chi connectivity index (χ2v) is 7.33. The zero-order chi connectivity index (χ0) is 16.6.